The van der Waals surface area contributed by atoms with Gasteiger partial charge in [0.2, 0.25) is 0 Å². The van der Waals surface area contributed by atoms with Gasteiger partial charge in [-0.2, -0.15) is 0 Å². The highest BCUT2D eigenvalue weighted by molar-refractivity contribution is 5.69. The molecule has 0 aromatic heterocycles. The van der Waals surface area contributed by atoms with Gasteiger partial charge < -0.3 is 23.8 Å². The highest BCUT2D eigenvalue weighted by Gasteiger charge is 2.15. The van der Waals surface area contributed by atoms with Gasteiger partial charge in [0.05, 0.1) is 13.2 Å². The largest absolute Gasteiger partial charge is 0.462 e. The van der Waals surface area contributed by atoms with Gasteiger partial charge >= 0.3 is 11.9 Å². The van der Waals surface area contributed by atoms with Gasteiger partial charge in [-0.25, -0.2) is 0 Å². The number of allylic oxidation sites excluding steroid dienone is 3. The molecule has 0 rings (SSSR count). The maximum Gasteiger partial charge on any atom is 0.306 e. The predicted molar refractivity (Wildman–Crippen MR) is 266 cm³/mol. The molecule has 0 saturated heterocycles. The van der Waals surface area contributed by atoms with Crippen LogP contribution in [0.3, 0.4) is 0 Å². The van der Waals surface area contributed by atoms with E-state index in [4.69, 9.17) is 18.9 Å². The van der Waals surface area contributed by atoms with E-state index in [9.17, 15) is 9.59 Å². The Balaban J connectivity index is 4.43. The van der Waals surface area contributed by atoms with Crippen molar-refractivity contribution in [2.24, 2.45) is 0 Å². The number of esters is 2. The zero-order valence-corrected chi connectivity index (χ0v) is 42.0. The second-order valence-electron chi connectivity index (χ2n) is 18.3. The molecule has 0 N–H and O–H groups in total. The van der Waals surface area contributed by atoms with Crippen LogP contribution in [0.15, 0.2) is 36.5 Å². The van der Waals surface area contributed by atoms with Gasteiger partial charge in [0.15, 0.2) is 6.29 Å². The first-order chi connectivity index (χ1) is 30.3. The Kier molecular flexibility index (Phi) is 47.0. The molecular weight excluding hydrogens is 771 g/mol. The standard InChI is InChI=1S/C55H103NO6/c1-7-10-13-16-25-32-39-49-59-55(60-50-40-33-26-17-14-11-8-2)47-38-31-24-20-22-29-36-44-52(62-54(58)46-41-48-56(5)6)43-35-28-21-19-23-30-37-45-53(57)61-51(4)42-34-27-18-15-12-9-3/h32-34,39-40,42,51-52,55H,7-31,35-38,41,43-50H2,1-6H3/b39-32-,40-33-,42-34-. The summed E-state index contributed by atoms with van der Waals surface area (Å²) >= 11 is 0. The number of hydrogen-bond donors (Lipinski definition) is 0. The van der Waals surface area contributed by atoms with E-state index >= 15 is 0 Å². The number of ether oxygens (including phenoxy) is 4. The normalized spacial score (nSPS) is 13.1. The molecule has 0 heterocycles. The van der Waals surface area contributed by atoms with Crippen LogP contribution in [0.1, 0.15) is 252 Å². The highest BCUT2D eigenvalue weighted by Crippen LogP contribution is 2.19. The first-order valence-corrected chi connectivity index (χ1v) is 26.6. The smallest absolute Gasteiger partial charge is 0.306 e. The summed E-state index contributed by atoms with van der Waals surface area (Å²) in [6, 6.07) is 0. The van der Waals surface area contributed by atoms with Gasteiger partial charge in [-0.1, -0.05) is 173 Å². The number of carbonyl (C=O) groups excluding carboxylic acids is 2. The fraction of sp³-hybridized carbons (Fsp3) is 0.855. The predicted octanol–water partition coefficient (Wildman–Crippen LogP) is 16.1. The fourth-order valence-corrected chi connectivity index (χ4v) is 7.71. The molecule has 0 aromatic rings. The van der Waals surface area contributed by atoms with Crippen molar-refractivity contribution in [2.45, 2.75) is 271 Å². The summed E-state index contributed by atoms with van der Waals surface area (Å²) < 4.78 is 24.0. The lowest BCUT2D eigenvalue weighted by Crippen LogP contribution is -2.20. The number of nitrogens with zero attached hydrogens (tertiary/aromatic N) is 1. The van der Waals surface area contributed by atoms with E-state index in [1.807, 2.05) is 27.1 Å². The lowest BCUT2D eigenvalue weighted by molar-refractivity contribution is -0.150. The molecule has 0 aliphatic carbocycles. The molecule has 0 aromatic carbocycles. The molecule has 0 bridgehead atoms. The third-order valence-corrected chi connectivity index (χ3v) is 11.6. The van der Waals surface area contributed by atoms with Gasteiger partial charge in [-0.15, -0.1) is 0 Å². The van der Waals surface area contributed by atoms with Crippen molar-refractivity contribution in [1.82, 2.24) is 4.90 Å². The van der Waals surface area contributed by atoms with Crippen LogP contribution in [0.25, 0.3) is 0 Å². The van der Waals surface area contributed by atoms with Crippen LogP contribution < -0.4 is 0 Å². The van der Waals surface area contributed by atoms with Gasteiger partial charge in [-0.05, 0) is 124 Å². The van der Waals surface area contributed by atoms with Crippen molar-refractivity contribution in [3.05, 3.63) is 36.5 Å². The van der Waals surface area contributed by atoms with Crippen LogP contribution >= 0.6 is 0 Å². The Morgan fingerprint density at radius 3 is 1.34 bits per heavy atom. The van der Waals surface area contributed by atoms with Crippen molar-refractivity contribution in [3.63, 3.8) is 0 Å². The topological polar surface area (TPSA) is 74.3 Å². The average molecular weight is 874 g/mol. The van der Waals surface area contributed by atoms with Crippen LogP contribution in [0.2, 0.25) is 0 Å². The molecule has 0 fully saturated rings. The van der Waals surface area contributed by atoms with Gasteiger partial charge in [-0.3, -0.25) is 9.59 Å². The minimum absolute atomic E-state index is 0.0358. The molecule has 2 atom stereocenters. The second-order valence-corrected chi connectivity index (χ2v) is 18.3. The van der Waals surface area contributed by atoms with Crippen LogP contribution in [0, 0.1) is 0 Å². The lowest BCUT2D eigenvalue weighted by atomic mass is 10.0. The molecule has 0 spiro atoms. The van der Waals surface area contributed by atoms with E-state index in [2.05, 4.69) is 56.1 Å². The zero-order valence-electron chi connectivity index (χ0n) is 42.0. The summed E-state index contributed by atoms with van der Waals surface area (Å²) in [4.78, 5) is 27.1. The Morgan fingerprint density at radius 2 is 0.855 bits per heavy atom. The number of hydrogen-bond acceptors (Lipinski definition) is 7. The van der Waals surface area contributed by atoms with Crippen molar-refractivity contribution in [2.75, 3.05) is 33.9 Å². The molecule has 0 aliphatic rings. The van der Waals surface area contributed by atoms with E-state index in [0.717, 1.165) is 90.0 Å². The van der Waals surface area contributed by atoms with Crippen LogP contribution in [-0.2, 0) is 28.5 Å². The first kappa shape index (κ1) is 60.0. The average Bonchev–Trinajstić information content (AvgIpc) is 3.24. The van der Waals surface area contributed by atoms with Crippen LogP contribution in [0.5, 0.6) is 0 Å². The van der Waals surface area contributed by atoms with Crippen molar-refractivity contribution < 1.29 is 28.5 Å². The fourth-order valence-electron chi connectivity index (χ4n) is 7.71. The van der Waals surface area contributed by atoms with E-state index in [1.54, 1.807) is 0 Å². The van der Waals surface area contributed by atoms with Crippen molar-refractivity contribution >= 4 is 11.9 Å². The Labute approximate surface area is 385 Å². The number of carbonyl (C=O) groups is 2. The van der Waals surface area contributed by atoms with Gasteiger partial charge in [0.25, 0.3) is 0 Å². The van der Waals surface area contributed by atoms with Crippen molar-refractivity contribution in [1.29, 1.82) is 0 Å². The third kappa shape index (κ3) is 46.0. The molecule has 0 aliphatic heterocycles. The molecule has 2 unspecified atom stereocenters. The van der Waals surface area contributed by atoms with Crippen LogP contribution in [-0.4, -0.2) is 69.2 Å². The Bertz CT molecular complexity index is 1010. The highest BCUT2D eigenvalue weighted by atomic mass is 16.7. The third-order valence-electron chi connectivity index (χ3n) is 11.6. The lowest BCUT2D eigenvalue weighted by Gasteiger charge is -2.19. The SMILES string of the molecule is CCCCCC/C=C\COC(CCCCCCCCCC(CCCCCCCCCC(=O)OC(C)/C=C\CCCCCC)OC(=O)CCCN(C)C)OC/C=C\CCCCCC. The molecular formula is C55H103NO6. The summed E-state index contributed by atoms with van der Waals surface area (Å²) in [7, 11) is 4.09. The number of rotatable bonds is 48. The quantitative estimate of drug-likeness (QED) is 0.0261. The summed E-state index contributed by atoms with van der Waals surface area (Å²) in [5.41, 5.74) is 0. The Hall–Kier alpha value is -1.96. The summed E-state index contributed by atoms with van der Waals surface area (Å²) in [6.07, 6.45) is 52.5. The van der Waals surface area contributed by atoms with Crippen LogP contribution in [0.4, 0.5) is 0 Å². The monoisotopic (exact) mass is 874 g/mol. The maximum absolute atomic E-state index is 12.7. The van der Waals surface area contributed by atoms with Gasteiger partial charge in [0, 0.05) is 12.8 Å². The summed E-state index contributed by atoms with van der Waals surface area (Å²) in [5.74, 6) is -0.114. The minimum atomic E-state index is -0.138. The summed E-state index contributed by atoms with van der Waals surface area (Å²) in [6.45, 7) is 10.9. The van der Waals surface area contributed by atoms with E-state index in [1.165, 1.54) is 128 Å². The van der Waals surface area contributed by atoms with E-state index < -0.39 is 0 Å². The van der Waals surface area contributed by atoms with Crippen molar-refractivity contribution in [3.8, 4) is 0 Å². The molecule has 0 saturated carbocycles. The van der Waals surface area contributed by atoms with E-state index in [-0.39, 0.29) is 30.4 Å². The molecule has 0 amide bonds. The zero-order chi connectivity index (χ0) is 45.4. The van der Waals surface area contributed by atoms with E-state index in [0.29, 0.717) is 26.1 Å². The molecule has 7 heteroatoms. The molecule has 364 valence electrons. The maximum atomic E-state index is 12.7. The molecule has 7 nitrogen and oxygen atoms in total. The first-order valence-electron chi connectivity index (χ1n) is 26.6. The molecule has 62 heavy (non-hydrogen) atoms. The minimum Gasteiger partial charge on any atom is -0.462 e. The van der Waals surface area contributed by atoms with Gasteiger partial charge in [0.1, 0.15) is 12.2 Å². The second kappa shape index (κ2) is 48.5. The summed E-state index contributed by atoms with van der Waals surface area (Å²) in [5, 5.41) is 0. The Morgan fingerprint density at radius 1 is 0.452 bits per heavy atom. The molecule has 0 radical (unpaired) electrons. The number of unbranched alkanes of at least 4 members (excludes halogenated alkanes) is 24.